The van der Waals surface area contributed by atoms with E-state index in [0.29, 0.717) is 35.6 Å². The first kappa shape index (κ1) is 20.3. The minimum Gasteiger partial charge on any atom is -0.462 e. The lowest BCUT2D eigenvalue weighted by atomic mass is 10.0. The maximum absolute atomic E-state index is 12.6. The van der Waals surface area contributed by atoms with Gasteiger partial charge in [-0.15, -0.1) is 11.3 Å². The third-order valence-electron chi connectivity index (χ3n) is 4.30. The first-order chi connectivity index (χ1) is 13.4. The maximum atomic E-state index is 12.6. The van der Waals surface area contributed by atoms with E-state index < -0.39 is 12.1 Å². The van der Waals surface area contributed by atoms with Gasteiger partial charge in [0, 0.05) is 21.5 Å². The number of hydrogen-bond acceptors (Lipinski definition) is 6. The average Bonchev–Trinajstić information content (AvgIpc) is 3.04. The number of benzene rings is 1. The number of fused-ring (bicyclic) bond motifs is 1. The van der Waals surface area contributed by atoms with Gasteiger partial charge >= 0.3 is 12.1 Å². The predicted molar refractivity (Wildman–Crippen MR) is 109 cm³/mol. The molecule has 1 aromatic carbocycles. The number of esters is 1. The summed E-state index contributed by atoms with van der Waals surface area (Å²) in [4.78, 5) is 39.4. The second-order valence-electron chi connectivity index (χ2n) is 6.03. The molecule has 2 heterocycles. The van der Waals surface area contributed by atoms with Crippen molar-refractivity contribution in [3.8, 4) is 0 Å². The number of halogens is 1. The summed E-state index contributed by atoms with van der Waals surface area (Å²) < 4.78 is 10.8. The number of ether oxygens (including phenoxy) is 2. The molecular formula is C19H19BrN2O5S. The van der Waals surface area contributed by atoms with Gasteiger partial charge in [0.25, 0.3) is 5.91 Å². The number of carbonyl (C=O) groups excluding carboxylic acids is 3. The number of nitrogens with zero attached hydrogens (tertiary/aromatic N) is 1. The summed E-state index contributed by atoms with van der Waals surface area (Å²) in [5, 5.41) is 3.26. The van der Waals surface area contributed by atoms with Crippen LogP contribution in [0.3, 0.4) is 0 Å². The Morgan fingerprint density at radius 1 is 1.25 bits per heavy atom. The van der Waals surface area contributed by atoms with E-state index in [1.807, 2.05) is 0 Å². The summed E-state index contributed by atoms with van der Waals surface area (Å²) in [6.07, 6.45) is 0.0700. The third-order valence-corrected chi connectivity index (χ3v) is 5.96. The Hall–Kier alpha value is -2.39. The molecule has 0 saturated carbocycles. The molecule has 1 N–H and O–H groups in total. The predicted octanol–water partition coefficient (Wildman–Crippen LogP) is 4.06. The van der Waals surface area contributed by atoms with E-state index in [9.17, 15) is 14.4 Å². The third kappa shape index (κ3) is 4.20. The van der Waals surface area contributed by atoms with Crippen molar-refractivity contribution in [2.75, 3.05) is 25.6 Å². The zero-order chi connectivity index (χ0) is 20.3. The maximum Gasteiger partial charge on any atom is 0.409 e. The number of methoxy groups -OCH3 is 1. The van der Waals surface area contributed by atoms with Crippen molar-refractivity contribution in [3.05, 3.63) is 50.3 Å². The number of anilines is 1. The molecule has 0 bridgehead atoms. The standard InChI is InChI=1S/C19H19BrN2O5S/c1-3-27-18(24)15-13-8-9-22(19(25)26-2)10-14(13)28-17(15)21-16(23)11-4-6-12(20)7-5-11/h4-7H,3,8-10H2,1-2H3,(H,21,23). The highest BCUT2D eigenvalue weighted by Gasteiger charge is 2.31. The first-order valence-electron chi connectivity index (χ1n) is 8.66. The molecule has 2 amide bonds. The van der Waals surface area contributed by atoms with Crippen LogP contribution in [-0.4, -0.2) is 43.1 Å². The van der Waals surface area contributed by atoms with E-state index in [1.54, 1.807) is 36.1 Å². The van der Waals surface area contributed by atoms with E-state index >= 15 is 0 Å². The van der Waals surface area contributed by atoms with Crippen molar-refractivity contribution in [2.24, 2.45) is 0 Å². The van der Waals surface area contributed by atoms with Crippen molar-refractivity contribution in [2.45, 2.75) is 19.9 Å². The molecule has 7 nitrogen and oxygen atoms in total. The van der Waals surface area contributed by atoms with Crippen LogP contribution in [0, 0.1) is 0 Å². The van der Waals surface area contributed by atoms with Gasteiger partial charge < -0.3 is 19.7 Å². The Morgan fingerprint density at radius 2 is 1.96 bits per heavy atom. The molecule has 0 spiro atoms. The van der Waals surface area contributed by atoms with Crippen LogP contribution in [0.25, 0.3) is 0 Å². The summed E-state index contributed by atoms with van der Waals surface area (Å²) in [5.41, 5.74) is 1.66. The van der Waals surface area contributed by atoms with Crippen molar-refractivity contribution < 1.29 is 23.9 Å². The topological polar surface area (TPSA) is 84.9 Å². The molecule has 1 aromatic heterocycles. The number of amides is 2. The molecule has 3 rings (SSSR count). The largest absolute Gasteiger partial charge is 0.462 e. The lowest BCUT2D eigenvalue weighted by molar-refractivity contribution is 0.0526. The number of carbonyl (C=O) groups is 3. The van der Waals surface area contributed by atoms with Gasteiger partial charge in [0.1, 0.15) is 5.00 Å². The van der Waals surface area contributed by atoms with Crippen LogP contribution >= 0.6 is 27.3 Å². The summed E-state index contributed by atoms with van der Waals surface area (Å²) in [6.45, 7) is 2.73. The molecule has 1 aliphatic heterocycles. The first-order valence-corrected chi connectivity index (χ1v) is 10.3. The molecule has 0 aliphatic carbocycles. The van der Waals surface area contributed by atoms with Crippen LogP contribution in [0.5, 0.6) is 0 Å². The molecule has 0 unspecified atom stereocenters. The van der Waals surface area contributed by atoms with Gasteiger partial charge in [-0.25, -0.2) is 9.59 Å². The highest BCUT2D eigenvalue weighted by atomic mass is 79.9. The monoisotopic (exact) mass is 466 g/mol. The number of nitrogens with one attached hydrogen (secondary N) is 1. The lowest BCUT2D eigenvalue weighted by Crippen LogP contribution is -2.35. The van der Waals surface area contributed by atoms with Crippen molar-refractivity contribution in [3.63, 3.8) is 0 Å². The highest BCUT2D eigenvalue weighted by Crippen LogP contribution is 2.38. The Balaban J connectivity index is 1.92. The smallest absolute Gasteiger partial charge is 0.409 e. The highest BCUT2D eigenvalue weighted by molar-refractivity contribution is 9.10. The van der Waals surface area contributed by atoms with Gasteiger partial charge in [0.05, 0.1) is 25.8 Å². The summed E-state index contributed by atoms with van der Waals surface area (Å²) in [7, 11) is 1.33. The second-order valence-corrected chi connectivity index (χ2v) is 8.05. The quantitative estimate of drug-likeness (QED) is 0.686. The summed E-state index contributed by atoms with van der Waals surface area (Å²) >= 11 is 4.62. The fourth-order valence-corrected chi connectivity index (χ4v) is 4.48. The molecule has 28 heavy (non-hydrogen) atoms. The normalized spacial score (nSPS) is 12.9. The molecule has 2 aromatic rings. The van der Waals surface area contributed by atoms with Gasteiger partial charge in [-0.1, -0.05) is 15.9 Å². The van der Waals surface area contributed by atoms with Crippen LogP contribution in [0.1, 0.15) is 38.1 Å². The second kappa shape index (κ2) is 8.74. The molecular weight excluding hydrogens is 448 g/mol. The van der Waals surface area contributed by atoms with E-state index in [0.717, 1.165) is 14.9 Å². The van der Waals surface area contributed by atoms with Crippen molar-refractivity contribution in [1.82, 2.24) is 4.90 Å². The van der Waals surface area contributed by atoms with E-state index in [2.05, 4.69) is 21.2 Å². The van der Waals surface area contributed by atoms with Gasteiger partial charge in [-0.05, 0) is 43.2 Å². The minimum absolute atomic E-state index is 0.234. The zero-order valence-corrected chi connectivity index (χ0v) is 17.8. The summed E-state index contributed by atoms with van der Waals surface area (Å²) in [6, 6.07) is 6.93. The molecule has 1 aliphatic rings. The van der Waals surface area contributed by atoms with Gasteiger partial charge in [0.2, 0.25) is 0 Å². The average molecular weight is 467 g/mol. The van der Waals surface area contributed by atoms with Crippen LogP contribution in [0.2, 0.25) is 0 Å². The molecule has 9 heteroatoms. The van der Waals surface area contributed by atoms with Crippen LogP contribution < -0.4 is 5.32 Å². The van der Waals surface area contributed by atoms with E-state index in [1.165, 1.54) is 18.4 Å². The van der Waals surface area contributed by atoms with E-state index in [4.69, 9.17) is 9.47 Å². The van der Waals surface area contributed by atoms with Crippen molar-refractivity contribution in [1.29, 1.82) is 0 Å². The molecule has 0 radical (unpaired) electrons. The SMILES string of the molecule is CCOC(=O)c1c(NC(=O)c2ccc(Br)cc2)sc2c1CCN(C(=O)OC)C2. The van der Waals surface area contributed by atoms with Gasteiger partial charge in [-0.2, -0.15) is 0 Å². The Morgan fingerprint density at radius 3 is 2.61 bits per heavy atom. The number of rotatable bonds is 4. The van der Waals surface area contributed by atoms with Crippen LogP contribution in [0.15, 0.2) is 28.7 Å². The van der Waals surface area contributed by atoms with Crippen LogP contribution in [-0.2, 0) is 22.4 Å². The number of thiophene rings is 1. The molecule has 0 saturated heterocycles. The van der Waals surface area contributed by atoms with Gasteiger partial charge in [-0.3, -0.25) is 4.79 Å². The molecule has 0 atom stereocenters. The lowest BCUT2D eigenvalue weighted by Gasteiger charge is -2.25. The Labute approximate surface area is 174 Å². The molecule has 0 fully saturated rings. The van der Waals surface area contributed by atoms with Gasteiger partial charge in [0.15, 0.2) is 0 Å². The molecule has 148 valence electrons. The Bertz CT molecular complexity index is 910. The Kier molecular flexibility index (Phi) is 6.35. The fourth-order valence-electron chi connectivity index (χ4n) is 2.97. The number of hydrogen-bond donors (Lipinski definition) is 1. The van der Waals surface area contributed by atoms with Crippen molar-refractivity contribution >= 4 is 50.2 Å². The fraction of sp³-hybridized carbons (Fsp3) is 0.316. The summed E-state index contributed by atoms with van der Waals surface area (Å²) in [5.74, 6) is -0.793. The zero-order valence-electron chi connectivity index (χ0n) is 15.4. The van der Waals surface area contributed by atoms with Crippen LogP contribution in [0.4, 0.5) is 9.80 Å². The van der Waals surface area contributed by atoms with E-state index in [-0.39, 0.29) is 12.5 Å². The minimum atomic E-state index is -0.474.